The van der Waals surface area contributed by atoms with E-state index in [0.717, 1.165) is 25.3 Å². The summed E-state index contributed by atoms with van der Waals surface area (Å²) in [7, 11) is -3.60. The van der Waals surface area contributed by atoms with Crippen molar-refractivity contribution in [1.29, 1.82) is 0 Å². The molecule has 1 N–H and O–H groups in total. The van der Waals surface area contributed by atoms with Crippen LogP contribution >= 0.6 is 0 Å². The Morgan fingerprint density at radius 1 is 1.25 bits per heavy atom. The first-order valence-corrected chi connectivity index (χ1v) is 10.2. The maximum absolute atomic E-state index is 12.4. The predicted molar refractivity (Wildman–Crippen MR) is 97.9 cm³/mol. The molecule has 1 aromatic rings. The van der Waals surface area contributed by atoms with E-state index in [-0.39, 0.29) is 4.90 Å². The van der Waals surface area contributed by atoms with E-state index in [1.807, 2.05) is 6.07 Å². The summed E-state index contributed by atoms with van der Waals surface area (Å²) in [5, 5.41) is 3.22. The van der Waals surface area contributed by atoms with Gasteiger partial charge in [0.05, 0.1) is 12.2 Å². The van der Waals surface area contributed by atoms with Gasteiger partial charge in [-0.3, -0.25) is 4.90 Å². The summed E-state index contributed by atoms with van der Waals surface area (Å²) in [4.78, 5) is 2.67. The van der Waals surface area contributed by atoms with Crippen LogP contribution in [0, 0.1) is 11.8 Å². The van der Waals surface area contributed by atoms with Gasteiger partial charge in [0.25, 0.3) is 10.0 Å². The van der Waals surface area contributed by atoms with Crippen LogP contribution in [0.1, 0.15) is 40.0 Å². The Hall–Kier alpha value is -1.40. The molecule has 0 spiro atoms. The molecule has 2 aliphatic rings. The largest absolute Gasteiger partial charge is 0.341 e. The van der Waals surface area contributed by atoms with Gasteiger partial charge < -0.3 is 5.32 Å². The fourth-order valence-electron chi connectivity index (χ4n) is 3.71. The molecule has 0 radical (unpaired) electrons. The lowest BCUT2D eigenvalue weighted by molar-refractivity contribution is 0.180. The SMILES string of the molecule is CC1CCC(C(C)C)N(CC2=NS(=O)(=O)c3ccccc3N2)CC1. The van der Waals surface area contributed by atoms with Crippen LogP contribution in [-0.2, 0) is 10.0 Å². The van der Waals surface area contributed by atoms with E-state index in [1.54, 1.807) is 18.2 Å². The number of amidine groups is 1. The van der Waals surface area contributed by atoms with Crippen molar-refractivity contribution in [3.8, 4) is 0 Å². The molecular weight excluding hydrogens is 322 g/mol. The van der Waals surface area contributed by atoms with E-state index >= 15 is 0 Å². The number of sulfonamides is 1. The van der Waals surface area contributed by atoms with Gasteiger partial charge in [-0.2, -0.15) is 8.42 Å². The minimum atomic E-state index is -3.60. The number of rotatable bonds is 3. The Kier molecular flexibility index (Phi) is 4.97. The van der Waals surface area contributed by atoms with Crippen LogP contribution in [0.2, 0.25) is 0 Å². The topological polar surface area (TPSA) is 61.8 Å². The quantitative estimate of drug-likeness (QED) is 0.909. The number of para-hydroxylation sites is 1. The summed E-state index contributed by atoms with van der Waals surface area (Å²) in [5.74, 6) is 1.80. The normalized spacial score (nSPS) is 27.1. The van der Waals surface area contributed by atoms with Gasteiger partial charge in [-0.15, -0.1) is 4.40 Å². The molecule has 0 bridgehead atoms. The molecule has 3 rings (SSSR count). The first-order valence-electron chi connectivity index (χ1n) is 8.81. The smallest absolute Gasteiger partial charge is 0.286 e. The zero-order valence-electron chi connectivity index (χ0n) is 14.7. The molecule has 24 heavy (non-hydrogen) atoms. The Balaban J connectivity index is 1.83. The van der Waals surface area contributed by atoms with Crippen molar-refractivity contribution in [3.05, 3.63) is 24.3 Å². The van der Waals surface area contributed by atoms with Crippen molar-refractivity contribution in [2.75, 3.05) is 18.4 Å². The van der Waals surface area contributed by atoms with Crippen LogP contribution in [0.25, 0.3) is 0 Å². The van der Waals surface area contributed by atoms with Crippen molar-refractivity contribution in [2.45, 2.75) is 51.0 Å². The van der Waals surface area contributed by atoms with E-state index in [4.69, 9.17) is 0 Å². The molecule has 2 aliphatic heterocycles. The van der Waals surface area contributed by atoms with E-state index < -0.39 is 10.0 Å². The Labute approximate surface area is 145 Å². The van der Waals surface area contributed by atoms with Crippen molar-refractivity contribution >= 4 is 21.5 Å². The van der Waals surface area contributed by atoms with Crippen molar-refractivity contribution in [3.63, 3.8) is 0 Å². The van der Waals surface area contributed by atoms with Gasteiger partial charge in [0.15, 0.2) is 0 Å². The zero-order chi connectivity index (χ0) is 17.3. The molecule has 6 heteroatoms. The third kappa shape index (κ3) is 3.64. The molecule has 132 valence electrons. The molecule has 0 amide bonds. The fourth-order valence-corrected chi connectivity index (χ4v) is 4.85. The molecule has 0 aliphatic carbocycles. The Morgan fingerprint density at radius 3 is 2.75 bits per heavy atom. The van der Waals surface area contributed by atoms with E-state index in [0.29, 0.717) is 30.0 Å². The van der Waals surface area contributed by atoms with Gasteiger partial charge in [0.2, 0.25) is 0 Å². The summed E-state index contributed by atoms with van der Waals surface area (Å²) in [6, 6.07) is 7.44. The summed E-state index contributed by atoms with van der Waals surface area (Å²) in [6.45, 7) is 8.35. The van der Waals surface area contributed by atoms with Crippen LogP contribution < -0.4 is 5.32 Å². The Morgan fingerprint density at radius 2 is 2.00 bits per heavy atom. The van der Waals surface area contributed by atoms with Gasteiger partial charge in [-0.25, -0.2) is 0 Å². The number of hydrogen-bond donors (Lipinski definition) is 1. The van der Waals surface area contributed by atoms with Crippen molar-refractivity contribution < 1.29 is 8.42 Å². The maximum Gasteiger partial charge on any atom is 0.286 e. The molecule has 1 fully saturated rings. The number of nitrogens with one attached hydrogen (secondary N) is 1. The molecule has 0 saturated carbocycles. The number of hydrogen-bond acceptors (Lipinski definition) is 4. The number of likely N-dealkylation sites (tertiary alicyclic amines) is 1. The third-order valence-electron chi connectivity index (χ3n) is 5.13. The third-order valence-corrected chi connectivity index (χ3v) is 6.50. The van der Waals surface area contributed by atoms with Crippen LogP contribution in [0.5, 0.6) is 0 Å². The van der Waals surface area contributed by atoms with Crippen LogP contribution in [0.4, 0.5) is 5.69 Å². The lowest BCUT2D eigenvalue weighted by Crippen LogP contribution is -2.44. The maximum atomic E-state index is 12.4. The summed E-state index contributed by atoms with van der Waals surface area (Å²) in [5.41, 5.74) is 0.631. The average molecular weight is 350 g/mol. The summed E-state index contributed by atoms with van der Waals surface area (Å²) < 4.78 is 28.9. The van der Waals surface area contributed by atoms with Gasteiger partial charge in [-0.05, 0) is 49.8 Å². The second-order valence-corrected chi connectivity index (χ2v) is 8.96. The lowest BCUT2D eigenvalue weighted by Gasteiger charge is -2.33. The predicted octanol–water partition coefficient (Wildman–Crippen LogP) is 3.35. The van der Waals surface area contributed by atoms with Crippen molar-refractivity contribution in [2.24, 2.45) is 16.2 Å². The van der Waals surface area contributed by atoms with Gasteiger partial charge in [0, 0.05) is 6.04 Å². The molecule has 1 saturated heterocycles. The molecule has 2 atom stereocenters. The minimum Gasteiger partial charge on any atom is -0.341 e. The highest BCUT2D eigenvalue weighted by atomic mass is 32.2. The summed E-state index contributed by atoms with van der Waals surface area (Å²) in [6.07, 6.45) is 3.55. The van der Waals surface area contributed by atoms with Gasteiger partial charge >= 0.3 is 0 Å². The highest BCUT2D eigenvalue weighted by Gasteiger charge is 2.30. The first-order chi connectivity index (χ1) is 11.4. The van der Waals surface area contributed by atoms with E-state index in [2.05, 4.69) is 35.4 Å². The van der Waals surface area contributed by atoms with Gasteiger partial charge in [-0.1, -0.05) is 32.9 Å². The number of benzene rings is 1. The first kappa shape index (κ1) is 17.4. The summed E-state index contributed by atoms with van der Waals surface area (Å²) >= 11 is 0. The Bertz CT molecular complexity index is 728. The minimum absolute atomic E-state index is 0.263. The molecule has 1 aromatic carbocycles. The zero-order valence-corrected chi connectivity index (χ0v) is 15.5. The van der Waals surface area contributed by atoms with Crippen LogP contribution in [-0.4, -0.2) is 38.3 Å². The van der Waals surface area contributed by atoms with Crippen molar-refractivity contribution in [1.82, 2.24) is 4.90 Å². The van der Waals surface area contributed by atoms with Gasteiger partial charge in [0.1, 0.15) is 10.7 Å². The highest BCUT2D eigenvalue weighted by Crippen LogP contribution is 2.29. The molecule has 0 aromatic heterocycles. The molecule has 5 nitrogen and oxygen atoms in total. The standard InChI is InChI=1S/C18H27N3O2S/c1-13(2)16-9-8-14(3)10-11-21(16)12-18-19-15-6-4-5-7-17(15)24(22,23)20-18/h4-7,13-14,16H,8-12H2,1-3H3,(H,19,20). The number of anilines is 1. The lowest BCUT2D eigenvalue weighted by atomic mass is 9.95. The van der Waals surface area contributed by atoms with E-state index in [1.165, 1.54) is 6.42 Å². The number of fused-ring (bicyclic) bond motifs is 1. The second kappa shape index (κ2) is 6.84. The highest BCUT2D eigenvalue weighted by molar-refractivity contribution is 7.90. The monoisotopic (exact) mass is 349 g/mol. The fraction of sp³-hybridized carbons (Fsp3) is 0.611. The molecule has 2 unspecified atom stereocenters. The second-order valence-electron chi connectivity index (χ2n) is 7.39. The van der Waals surface area contributed by atoms with Crippen LogP contribution in [0.15, 0.2) is 33.6 Å². The molecule has 2 heterocycles. The average Bonchev–Trinajstić information content (AvgIpc) is 2.69. The number of nitrogens with zero attached hydrogens (tertiary/aromatic N) is 2. The molecular formula is C18H27N3O2S. The van der Waals surface area contributed by atoms with E-state index in [9.17, 15) is 8.42 Å². The van der Waals surface area contributed by atoms with Crippen LogP contribution in [0.3, 0.4) is 0 Å².